The average molecular weight is 253 g/mol. The van der Waals surface area contributed by atoms with Crippen LogP contribution < -0.4 is 0 Å². The van der Waals surface area contributed by atoms with Crippen LogP contribution in [0.5, 0.6) is 0 Å². The molecule has 0 aromatic carbocycles. The number of carbonyl (C=O) groups is 1. The van der Waals surface area contributed by atoms with Crippen LogP contribution in [-0.4, -0.2) is 11.1 Å². The summed E-state index contributed by atoms with van der Waals surface area (Å²) in [4.78, 5) is 10.8. The molecule has 0 bridgehead atoms. The van der Waals surface area contributed by atoms with Gasteiger partial charge in [-0.05, 0) is 31.2 Å². The molecule has 0 amide bonds. The molecule has 2 aromatic heterocycles. The highest BCUT2D eigenvalue weighted by atomic mass is 35.5. The summed E-state index contributed by atoms with van der Waals surface area (Å²) in [5.41, 5.74) is 0.148. The molecule has 5 heteroatoms. The lowest BCUT2D eigenvalue weighted by Crippen LogP contribution is -1.94. The number of hydrogen-bond donors (Lipinski definition) is 1. The van der Waals surface area contributed by atoms with Crippen LogP contribution >= 0.6 is 11.6 Å². The van der Waals surface area contributed by atoms with Crippen molar-refractivity contribution < 1.29 is 18.7 Å². The van der Waals surface area contributed by atoms with Crippen molar-refractivity contribution in [2.75, 3.05) is 0 Å². The molecule has 17 heavy (non-hydrogen) atoms. The number of furan rings is 2. The fourth-order valence-corrected chi connectivity index (χ4v) is 1.54. The second-order valence-corrected chi connectivity index (χ2v) is 3.80. The molecule has 0 radical (unpaired) electrons. The molecule has 4 nitrogen and oxygen atoms in total. The number of rotatable bonds is 3. The lowest BCUT2D eigenvalue weighted by molar-refractivity contribution is 0.0695. The number of halogens is 1. The summed E-state index contributed by atoms with van der Waals surface area (Å²) in [5, 5.41) is 9.34. The molecule has 0 saturated heterocycles. The van der Waals surface area contributed by atoms with Gasteiger partial charge in [0.05, 0.1) is 11.3 Å². The number of aryl methyl sites for hydroxylation is 1. The average Bonchev–Trinajstić information content (AvgIpc) is 2.82. The van der Waals surface area contributed by atoms with Gasteiger partial charge in [0, 0.05) is 0 Å². The molecular weight excluding hydrogens is 244 g/mol. The maximum atomic E-state index is 10.8. The molecule has 0 fully saturated rings. The molecule has 2 aromatic rings. The first kappa shape index (κ1) is 11.5. The second kappa shape index (κ2) is 4.51. The van der Waals surface area contributed by atoms with Gasteiger partial charge in [0.1, 0.15) is 22.8 Å². The Morgan fingerprint density at radius 3 is 2.76 bits per heavy atom. The van der Waals surface area contributed by atoms with E-state index >= 15 is 0 Å². The van der Waals surface area contributed by atoms with Crippen molar-refractivity contribution in [1.29, 1.82) is 0 Å². The number of aromatic carboxylic acids is 1. The van der Waals surface area contributed by atoms with E-state index in [1.54, 1.807) is 25.1 Å². The third-order valence-electron chi connectivity index (χ3n) is 2.21. The minimum atomic E-state index is -1.01. The van der Waals surface area contributed by atoms with Crippen LogP contribution in [0.1, 0.15) is 27.6 Å². The van der Waals surface area contributed by atoms with Crippen molar-refractivity contribution in [2.45, 2.75) is 6.92 Å². The molecule has 88 valence electrons. The summed E-state index contributed by atoms with van der Waals surface area (Å²) in [7, 11) is 0. The first-order valence-electron chi connectivity index (χ1n) is 4.82. The van der Waals surface area contributed by atoms with Crippen molar-refractivity contribution >= 4 is 29.7 Å². The highest BCUT2D eigenvalue weighted by molar-refractivity contribution is 6.31. The molecule has 2 heterocycles. The van der Waals surface area contributed by atoms with Crippen LogP contribution in [0.4, 0.5) is 0 Å². The van der Waals surface area contributed by atoms with Crippen LogP contribution in [0.3, 0.4) is 0 Å². The molecule has 0 aliphatic carbocycles. The van der Waals surface area contributed by atoms with Gasteiger partial charge in [-0.15, -0.1) is 0 Å². The van der Waals surface area contributed by atoms with E-state index in [0.29, 0.717) is 22.3 Å². The Morgan fingerprint density at radius 1 is 1.47 bits per heavy atom. The van der Waals surface area contributed by atoms with Crippen LogP contribution in [-0.2, 0) is 0 Å². The van der Waals surface area contributed by atoms with E-state index < -0.39 is 5.97 Å². The van der Waals surface area contributed by atoms with Crippen LogP contribution in [0, 0.1) is 6.92 Å². The van der Waals surface area contributed by atoms with E-state index in [1.165, 1.54) is 12.3 Å². The van der Waals surface area contributed by atoms with E-state index in [1.807, 2.05) is 0 Å². The number of carboxylic acid groups (broad SMARTS) is 1. The predicted octanol–water partition coefficient (Wildman–Crippen LogP) is 3.70. The zero-order chi connectivity index (χ0) is 12.4. The first-order valence-corrected chi connectivity index (χ1v) is 5.20. The van der Waals surface area contributed by atoms with Gasteiger partial charge >= 0.3 is 5.97 Å². The maximum Gasteiger partial charge on any atom is 0.339 e. The SMILES string of the molecule is Cc1oc(/C=C/c2occc2Cl)cc1C(=O)O. The van der Waals surface area contributed by atoms with E-state index in [-0.39, 0.29) is 5.56 Å². The Labute approximate surface area is 102 Å². The van der Waals surface area contributed by atoms with Crippen LogP contribution in [0.15, 0.2) is 27.2 Å². The Morgan fingerprint density at radius 2 is 2.24 bits per heavy atom. The molecule has 0 unspecified atom stereocenters. The summed E-state index contributed by atoms with van der Waals surface area (Å²) in [6.07, 6.45) is 4.69. The standard InChI is InChI=1S/C12H9ClO4/c1-7-9(12(14)15)6-8(17-7)2-3-11-10(13)4-5-16-11/h2-6H,1H3,(H,14,15)/b3-2+. The maximum absolute atomic E-state index is 10.8. The number of carboxylic acids is 1. The third kappa shape index (κ3) is 2.42. The quantitative estimate of drug-likeness (QED) is 0.905. The van der Waals surface area contributed by atoms with Crippen molar-refractivity contribution in [3.63, 3.8) is 0 Å². The van der Waals surface area contributed by atoms with Gasteiger partial charge in [0.25, 0.3) is 0 Å². The Kier molecular flexibility index (Phi) is 3.06. The minimum Gasteiger partial charge on any atom is -0.478 e. The first-order chi connectivity index (χ1) is 8.08. The van der Waals surface area contributed by atoms with Gasteiger partial charge < -0.3 is 13.9 Å². The molecule has 1 N–H and O–H groups in total. The summed E-state index contributed by atoms with van der Waals surface area (Å²) in [6.45, 7) is 1.60. The third-order valence-corrected chi connectivity index (χ3v) is 2.52. The zero-order valence-corrected chi connectivity index (χ0v) is 9.69. The van der Waals surface area contributed by atoms with Crippen LogP contribution in [0.25, 0.3) is 12.2 Å². The van der Waals surface area contributed by atoms with E-state index in [9.17, 15) is 4.79 Å². The largest absolute Gasteiger partial charge is 0.478 e. The highest BCUT2D eigenvalue weighted by Gasteiger charge is 2.12. The molecular formula is C12H9ClO4. The Bertz CT molecular complexity index is 577. The van der Waals surface area contributed by atoms with Crippen molar-refractivity contribution in [3.8, 4) is 0 Å². The summed E-state index contributed by atoms with van der Waals surface area (Å²) in [6, 6.07) is 3.07. The Balaban J connectivity index is 2.25. The van der Waals surface area contributed by atoms with Gasteiger partial charge in [0.2, 0.25) is 0 Å². The van der Waals surface area contributed by atoms with Crippen molar-refractivity contribution in [3.05, 3.63) is 46.3 Å². The van der Waals surface area contributed by atoms with Gasteiger partial charge in [0.15, 0.2) is 0 Å². The molecule has 2 rings (SSSR count). The van der Waals surface area contributed by atoms with Gasteiger partial charge in [-0.1, -0.05) is 11.6 Å². The van der Waals surface area contributed by atoms with Crippen LogP contribution in [0.2, 0.25) is 5.02 Å². The zero-order valence-electron chi connectivity index (χ0n) is 8.94. The normalized spacial score (nSPS) is 11.2. The summed E-state index contributed by atoms with van der Waals surface area (Å²) in [5.74, 6) is 0.287. The van der Waals surface area contributed by atoms with Gasteiger partial charge in [-0.25, -0.2) is 4.79 Å². The van der Waals surface area contributed by atoms with E-state index in [2.05, 4.69) is 0 Å². The fourth-order valence-electron chi connectivity index (χ4n) is 1.38. The molecule has 0 spiro atoms. The molecule has 0 aliphatic heterocycles. The second-order valence-electron chi connectivity index (χ2n) is 3.39. The molecule has 0 atom stereocenters. The topological polar surface area (TPSA) is 63.6 Å². The van der Waals surface area contributed by atoms with Gasteiger partial charge in [-0.3, -0.25) is 0 Å². The van der Waals surface area contributed by atoms with Gasteiger partial charge in [-0.2, -0.15) is 0 Å². The summed E-state index contributed by atoms with van der Waals surface area (Å²) >= 11 is 5.82. The predicted molar refractivity (Wildman–Crippen MR) is 63.1 cm³/mol. The number of hydrogen-bond acceptors (Lipinski definition) is 3. The smallest absolute Gasteiger partial charge is 0.339 e. The molecule has 0 saturated carbocycles. The fraction of sp³-hybridized carbons (Fsp3) is 0.0833. The monoisotopic (exact) mass is 252 g/mol. The van der Waals surface area contributed by atoms with Crippen molar-refractivity contribution in [2.24, 2.45) is 0 Å². The Hall–Kier alpha value is -1.94. The lowest BCUT2D eigenvalue weighted by atomic mass is 10.2. The molecule has 0 aliphatic rings. The van der Waals surface area contributed by atoms with Crippen molar-refractivity contribution in [1.82, 2.24) is 0 Å². The van der Waals surface area contributed by atoms with E-state index in [4.69, 9.17) is 25.5 Å². The lowest BCUT2D eigenvalue weighted by Gasteiger charge is -1.86. The summed E-state index contributed by atoms with van der Waals surface area (Å²) < 4.78 is 10.4. The highest BCUT2D eigenvalue weighted by Crippen LogP contribution is 2.21. The minimum absolute atomic E-state index is 0.148. The van der Waals surface area contributed by atoms with E-state index in [0.717, 1.165) is 0 Å².